The van der Waals surface area contributed by atoms with Gasteiger partial charge in [0, 0.05) is 5.41 Å². The summed E-state index contributed by atoms with van der Waals surface area (Å²) in [4.78, 5) is 12.0. The van der Waals surface area contributed by atoms with Crippen LogP contribution in [0.4, 0.5) is 0 Å². The normalized spacial score (nSPS) is 15.2. The predicted octanol–water partition coefficient (Wildman–Crippen LogP) is 2.53. The van der Waals surface area contributed by atoms with Gasteiger partial charge in [0.15, 0.2) is 5.78 Å². The van der Waals surface area contributed by atoms with E-state index in [2.05, 4.69) is 0 Å². The van der Waals surface area contributed by atoms with Crippen LogP contribution in [0.3, 0.4) is 0 Å². The van der Waals surface area contributed by atoms with Crippen LogP contribution in [0.15, 0.2) is 30.3 Å². The van der Waals surface area contributed by atoms with E-state index in [-0.39, 0.29) is 11.9 Å². The fourth-order valence-corrected chi connectivity index (χ4v) is 1.62. The molecular weight excluding hydrogens is 226 g/mol. The number of ketones is 1. The average Bonchev–Trinajstić information content (AvgIpc) is 2.34. The average molecular weight is 249 g/mol. The Labute approximate surface area is 109 Å². The third-order valence-corrected chi connectivity index (χ3v) is 2.90. The molecule has 18 heavy (non-hydrogen) atoms. The van der Waals surface area contributed by atoms with Crippen LogP contribution in [0.1, 0.15) is 33.3 Å². The minimum atomic E-state index is -0.575. The Morgan fingerprint density at radius 1 is 1.28 bits per heavy atom. The van der Waals surface area contributed by atoms with Gasteiger partial charge >= 0.3 is 0 Å². The van der Waals surface area contributed by atoms with Gasteiger partial charge in [-0.25, -0.2) is 0 Å². The number of Topliss-reactive ketones (excluding diaryl/α,β-unsaturated/α-hetero) is 1. The molecule has 0 aliphatic carbocycles. The monoisotopic (exact) mass is 249 g/mol. The number of nitrogens with two attached hydrogens (primary N) is 1. The Balaban J connectivity index is 2.51. The van der Waals surface area contributed by atoms with Gasteiger partial charge in [-0.3, -0.25) is 4.79 Å². The summed E-state index contributed by atoms with van der Waals surface area (Å²) in [6, 6.07) is 9.29. The number of benzene rings is 1. The van der Waals surface area contributed by atoms with Crippen molar-refractivity contribution in [3.63, 3.8) is 0 Å². The van der Waals surface area contributed by atoms with Crippen LogP contribution in [0.2, 0.25) is 0 Å². The van der Waals surface area contributed by atoms with Crippen LogP contribution in [-0.2, 0) is 16.1 Å². The standard InChI is InChI=1S/C15H23NO2/c1-11(13(16)14(17)15(2,3)4)18-10-12-8-6-5-7-9-12/h5-9,11,13H,10,16H2,1-4H3. The highest BCUT2D eigenvalue weighted by Gasteiger charge is 2.30. The summed E-state index contributed by atoms with van der Waals surface area (Å²) in [5.41, 5.74) is 6.59. The van der Waals surface area contributed by atoms with E-state index in [9.17, 15) is 4.79 Å². The molecule has 1 aromatic rings. The van der Waals surface area contributed by atoms with E-state index in [1.165, 1.54) is 0 Å². The highest BCUT2D eigenvalue weighted by molar-refractivity contribution is 5.89. The molecule has 0 saturated carbocycles. The molecule has 3 heteroatoms. The molecule has 0 fully saturated rings. The van der Waals surface area contributed by atoms with E-state index in [1.54, 1.807) is 0 Å². The fraction of sp³-hybridized carbons (Fsp3) is 0.533. The van der Waals surface area contributed by atoms with Crippen molar-refractivity contribution < 1.29 is 9.53 Å². The molecule has 0 bridgehead atoms. The summed E-state index contributed by atoms with van der Waals surface area (Å²) < 4.78 is 5.66. The van der Waals surface area contributed by atoms with Gasteiger partial charge in [-0.05, 0) is 12.5 Å². The number of rotatable bonds is 5. The van der Waals surface area contributed by atoms with Crippen molar-refractivity contribution in [1.82, 2.24) is 0 Å². The summed E-state index contributed by atoms with van der Waals surface area (Å²) in [6.07, 6.45) is -0.281. The Morgan fingerprint density at radius 2 is 1.83 bits per heavy atom. The number of carbonyl (C=O) groups is 1. The highest BCUT2D eigenvalue weighted by atomic mass is 16.5. The smallest absolute Gasteiger partial charge is 0.157 e. The van der Waals surface area contributed by atoms with Crippen molar-refractivity contribution in [1.29, 1.82) is 0 Å². The summed E-state index contributed by atoms with van der Waals surface area (Å²) in [6.45, 7) is 7.95. The topological polar surface area (TPSA) is 52.3 Å². The zero-order valence-electron chi connectivity index (χ0n) is 11.6. The predicted molar refractivity (Wildman–Crippen MR) is 73.1 cm³/mol. The fourth-order valence-electron chi connectivity index (χ4n) is 1.62. The maximum atomic E-state index is 12.0. The molecule has 0 aliphatic rings. The number of carbonyl (C=O) groups excluding carboxylic acids is 1. The van der Waals surface area contributed by atoms with Gasteiger partial charge < -0.3 is 10.5 Å². The van der Waals surface area contributed by atoms with Crippen molar-refractivity contribution >= 4 is 5.78 Å². The number of ether oxygens (including phenoxy) is 1. The van der Waals surface area contributed by atoms with Gasteiger partial charge in [0.25, 0.3) is 0 Å². The minimum Gasteiger partial charge on any atom is -0.372 e. The van der Waals surface area contributed by atoms with E-state index in [0.717, 1.165) is 5.56 Å². The molecule has 1 aromatic carbocycles. The molecule has 100 valence electrons. The van der Waals surface area contributed by atoms with Gasteiger partial charge in [-0.15, -0.1) is 0 Å². The SMILES string of the molecule is CC(OCc1ccccc1)C(N)C(=O)C(C)(C)C. The molecule has 3 nitrogen and oxygen atoms in total. The van der Waals surface area contributed by atoms with Gasteiger partial charge in [-0.2, -0.15) is 0 Å². The second kappa shape index (κ2) is 6.12. The van der Waals surface area contributed by atoms with Crippen molar-refractivity contribution in [3.05, 3.63) is 35.9 Å². The second-order valence-corrected chi connectivity index (χ2v) is 5.64. The molecule has 2 atom stereocenters. The number of hydrogen-bond acceptors (Lipinski definition) is 3. The van der Waals surface area contributed by atoms with E-state index in [4.69, 9.17) is 10.5 Å². The molecule has 0 aromatic heterocycles. The molecule has 0 heterocycles. The lowest BCUT2D eigenvalue weighted by molar-refractivity contribution is -0.131. The third-order valence-electron chi connectivity index (χ3n) is 2.90. The van der Waals surface area contributed by atoms with E-state index in [0.29, 0.717) is 6.61 Å². The van der Waals surface area contributed by atoms with Crippen molar-refractivity contribution in [2.75, 3.05) is 0 Å². The Bertz CT molecular complexity index is 381. The highest BCUT2D eigenvalue weighted by Crippen LogP contribution is 2.18. The minimum absolute atomic E-state index is 0.0306. The summed E-state index contributed by atoms with van der Waals surface area (Å²) >= 11 is 0. The quantitative estimate of drug-likeness (QED) is 0.872. The van der Waals surface area contributed by atoms with Gasteiger partial charge in [0.05, 0.1) is 18.8 Å². The van der Waals surface area contributed by atoms with Gasteiger partial charge in [0.1, 0.15) is 0 Å². The van der Waals surface area contributed by atoms with E-state index < -0.39 is 11.5 Å². The Kier molecular flexibility index (Phi) is 5.05. The molecule has 0 saturated heterocycles. The van der Waals surface area contributed by atoms with Crippen LogP contribution in [0.5, 0.6) is 0 Å². The van der Waals surface area contributed by atoms with Crippen LogP contribution in [0, 0.1) is 5.41 Å². The second-order valence-electron chi connectivity index (χ2n) is 5.64. The molecule has 0 aliphatic heterocycles. The lowest BCUT2D eigenvalue weighted by atomic mass is 9.85. The van der Waals surface area contributed by atoms with Crippen LogP contribution < -0.4 is 5.73 Å². The lowest BCUT2D eigenvalue weighted by Crippen LogP contribution is -2.46. The zero-order valence-corrected chi connectivity index (χ0v) is 11.6. The molecular formula is C15H23NO2. The summed E-state index contributed by atoms with van der Waals surface area (Å²) in [7, 11) is 0. The molecule has 2 N–H and O–H groups in total. The largest absolute Gasteiger partial charge is 0.372 e. The maximum Gasteiger partial charge on any atom is 0.157 e. The first-order valence-corrected chi connectivity index (χ1v) is 6.28. The van der Waals surface area contributed by atoms with E-state index >= 15 is 0 Å². The first-order chi connectivity index (χ1) is 8.32. The van der Waals surface area contributed by atoms with Crippen LogP contribution >= 0.6 is 0 Å². The van der Waals surface area contributed by atoms with Crippen molar-refractivity contribution in [2.24, 2.45) is 11.1 Å². The molecule has 2 unspecified atom stereocenters. The third kappa shape index (κ3) is 4.24. The Hall–Kier alpha value is -1.19. The van der Waals surface area contributed by atoms with Gasteiger partial charge in [-0.1, -0.05) is 51.1 Å². The van der Waals surface area contributed by atoms with E-state index in [1.807, 2.05) is 58.0 Å². The molecule has 0 amide bonds. The zero-order chi connectivity index (χ0) is 13.8. The van der Waals surface area contributed by atoms with Crippen LogP contribution in [0.25, 0.3) is 0 Å². The van der Waals surface area contributed by atoms with Crippen molar-refractivity contribution in [3.8, 4) is 0 Å². The maximum absolute atomic E-state index is 12.0. The summed E-state index contributed by atoms with van der Waals surface area (Å²) in [5.74, 6) is 0.0306. The molecule has 0 spiro atoms. The first kappa shape index (κ1) is 14.9. The lowest BCUT2D eigenvalue weighted by Gasteiger charge is -2.26. The molecule has 1 rings (SSSR count). The van der Waals surface area contributed by atoms with Crippen LogP contribution in [-0.4, -0.2) is 17.9 Å². The Morgan fingerprint density at radius 3 is 2.33 bits per heavy atom. The van der Waals surface area contributed by atoms with Crippen molar-refractivity contribution in [2.45, 2.75) is 46.4 Å². The first-order valence-electron chi connectivity index (χ1n) is 6.28. The number of hydrogen-bond donors (Lipinski definition) is 1. The van der Waals surface area contributed by atoms with Gasteiger partial charge in [0.2, 0.25) is 0 Å². The summed E-state index contributed by atoms with van der Waals surface area (Å²) in [5, 5.41) is 0. The molecule has 0 radical (unpaired) electrons.